The Hall–Kier alpha value is -2.69. The smallest absolute Gasteiger partial charge is 0.251 e. The number of nitrogens with one attached hydrogen (secondary N) is 1. The van der Waals surface area contributed by atoms with Crippen LogP contribution in [-0.2, 0) is 24.1 Å². The molecule has 2 aliphatic rings. The van der Waals surface area contributed by atoms with E-state index < -0.39 is 0 Å². The molecule has 1 aromatic carbocycles. The normalized spacial score (nSPS) is 17.8. The lowest BCUT2D eigenvalue weighted by molar-refractivity contribution is -0.133. The standard InChI is InChI=1S/C23H27N3O2/c1-24-22(28)18-7-11-25-20(14-18)15-21(27)26-12-9-23(10-13-26)8-6-17-4-2-3-5-19(17)16-23/h2-5,7,11,14H,6,8-10,12-13,15-16H2,1H3,(H,24,28). The molecule has 1 spiro atoms. The van der Waals surface area contributed by atoms with Crippen molar-refractivity contribution in [1.82, 2.24) is 15.2 Å². The molecule has 0 bridgehead atoms. The number of carbonyl (C=O) groups excluding carboxylic acids is 2. The molecule has 1 N–H and O–H groups in total. The lowest BCUT2D eigenvalue weighted by atomic mass is 9.66. The maximum absolute atomic E-state index is 12.8. The van der Waals surface area contributed by atoms with Gasteiger partial charge in [0.15, 0.2) is 0 Å². The highest BCUT2D eigenvalue weighted by Gasteiger charge is 2.38. The number of piperidine rings is 1. The van der Waals surface area contributed by atoms with Crippen LogP contribution in [0.15, 0.2) is 42.6 Å². The van der Waals surface area contributed by atoms with Crippen LogP contribution in [0.3, 0.4) is 0 Å². The number of hydrogen-bond acceptors (Lipinski definition) is 3. The Morgan fingerprint density at radius 2 is 1.86 bits per heavy atom. The van der Waals surface area contributed by atoms with Crippen molar-refractivity contribution in [3.8, 4) is 0 Å². The number of carbonyl (C=O) groups is 2. The minimum atomic E-state index is -0.159. The van der Waals surface area contributed by atoms with Gasteiger partial charge in [-0.1, -0.05) is 24.3 Å². The van der Waals surface area contributed by atoms with Gasteiger partial charge in [0.05, 0.1) is 12.1 Å². The zero-order chi connectivity index (χ0) is 19.6. The third-order valence-corrected chi connectivity index (χ3v) is 6.42. The van der Waals surface area contributed by atoms with Crippen molar-refractivity contribution in [3.63, 3.8) is 0 Å². The first-order valence-electron chi connectivity index (χ1n) is 10.1. The highest BCUT2D eigenvalue weighted by atomic mass is 16.2. The van der Waals surface area contributed by atoms with E-state index in [1.165, 1.54) is 17.5 Å². The molecule has 0 radical (unpaired) electrons. The summed E-state index contributed by atoms with van der Waals surface area (Å²) in [5.74, 6) is -0.0544. The molecular formula is C23H27N3O2. The van der Waals surface area contributed by atoms with Gasteiger partial charge in [-0.05, 0) is 60.8 Å². The van der Waals surface area contributed by atoms with Gasteiger partial charge in [0, 0.05) is 31.9 Å². The number of likely N-dealkylation sites (tertiary alicyclic amines) is 1. The Morgan fingerprint density at radius 1 is 1.11 bits per heavy atom. The molecule has 2 heterocycles. The van der Waals surface area contributed by atoms with Gasteiger partial charge in [0.1, 0.15) is 0 Å². The molecule has 1 aliphatic carbocycles. The predicted octanol–water partition coefficient (Wildman–Crippen LogP) is 2.78. The van der Waals surface area contributed by atoms with E-state index in [0.29, 0.717) is 16.7 Å². The molecule has 1 saturated heterocycles. The summed E-state index contributed by atoms with van der Waals surface area (Å²) in [6, 6.07) is 12.2. The van der Waals surface area contributed by atoms with Crippen molar-refractivity contribution in [1.29, 1.82) is 0 Å². The van der Waals surface area contributed by atoms with Crippen LogP contribution in [-0.4, -0.2) is 41.8 Å². The van der Waals surface area contributed by atoms with Gasteiger partial charge in [-0.15, -0.1) is 0 Å². The Labute approximate surface area is 166 Å². The molecule has 1 fully saturated rings. The number of aryl methyl sites for hydroxylation is 1. The van der Waals surface area contributed by atoms with Crippen LogP contribution in [0, 0.1) is 5.41 Å². The van der Waals surface area contributed by atoms with Crippen molar-refractivity contribution in [3.05, 3.63) is 65.0 Å². The fourth-order valence-corrected chi connectivity index (χ4v) is 4.65. The number of benzene rings is 1. The van der Waals surface area contributed by atoms with Gasteiger partial charge in [0.2, 0.25) is 5.91 Å². The maximum Gasteiger partial charge on any atom is 0.251 e. The molecule has 146 valence electrons. The predicted molar refractivity (Wildman–Crippen MR) is 108 cm³/mol. The van der Waals surface area contributed by atoms with Crippen LogP contribution in [0.2, 0.25) is 0 Å². The van der Waals surface area contributed by atoms with Crippen molar-refractivity contribution >= 4 is 11.8 Å². The number of hydrogen-bond donors (Lipinski definition) is 1. The second kappa shape index (κ2) is 7.74. The Bertz CT molecular complexity index is 885. The largest absolute Gasteiger partial charge is 0.355 e. The second-order valence-corrected chi connectivity index (χ2v) is 8.12. The number of amides is 2. The third-order valence-electron chi connectivity index (χ3n) is 6.42. The lowest BCUT2D eigenvalue weighted by Crippen LogP contribution is -2.45. The maximum atomic E-state index is 12.8. The zero-order valence-corrected chi connectivity index (χ0v) is 16.4. The highest BCUT2D eigenvalue weighted by Crippen LogP contribution is 2.43. The van der Waals surface area contributed by atoms with Gasteiger partial charge >= 0.3 is 0 Å². The van der Waals surface area contributed by atoms with Gasteiger partial charge < -0.3 is 10.2 Å². The van der Waals surface area contributed by atoms with Crippen LogP contribution in [0.1, 0.15) is 46.4 Å². The number of pyridine rings is 1. The molecule has 5 nitrogen and oxygen atoms in total. The summed E-state index contributed by atoms with van der Waals surface area (Å²) in [6.45, 7) is 1.63. The number of fused-ring (bicyclic) bond motifs is 1. The van der Waals surface area contributed by atoms with E-state index >= 15 is 0 Å². The van der Waals surface area contributed by atoms with Crippen LogP contribution in [0.25, 0.3) is 0 Å². The summed E-state index contributed by atoms with van der Waals surface area (Å²) in [5, 5.41) is 2.60. The average molecular weight is 377 g/mol. The Morgan fingerprint density at radius 3 is 2.61 bits per heavy atom. The summed E-state index contributed by atoms with van der Waals surface area (Å²) in [4.78, 5) is 30.8. The Kier molecular flexibility index (Phi) is 5.16. The summed E-state index contributed by atoms with van der Waals surface area (Å²) in [7, 11) is 1.60. The molecule has 0 saturated carbocycles. The SMILES string of the molecule is CNC(=O)c1ccnc(CC(=O)N2CCC3(CCc4ccccc4C3)CC2)c1. The van der Waals surface area contributed by atoms with Crippen molar-refractivity contribution in [2.45, 2.75) is 38.5 Å². The Balaban J connectivity index is 1.37. The van der Waals surface area contributed by atoms with Crippen molar-refractivity contribution in [2.75, 3.05) is 20.1 Å². The zero-order valence-electron chi connectivity index (χ0n) is 16.4. The number of aromatic nitrogens is 1. The molecule has 28 heavy (non-hydrogen) atoms. The molecule has 1 aliphatic heterocycles. The third kappa shape index (κ3) is 3.79. The van der Waals surface area contributed by atoms with Crippen LogP contribution in [0.4, 0.5) is 0 Å². The van der Waals surface area contributed by atoms with Crippen molar-refractivity contribution < 1.29 is 9.59 Å². The summed E-state index contributed by atoms with van der Waals surface area (Å²) in [6.07, 6.45) is 7.50. The first-order chi connectivity index (χ1) is 13.6. The quantitative estimate of drug-likeness (QED) is 0.895. The van der Waals surface area contributed by atoms with E-state index in [1.54, 1.807) is 25.4 Å². The van der Waals surface area contributed by atoms with E-state index in [4.69, 9.17) is 0 Å². The molecule has 1 aromatic heterocycles. The van der Waals surface area contributed by atoms with Crippen LogP contribution >= 0.6 is 0 Å². The summed E-state index contributed by atoms with van der Waals surface area (Å²) >= 11 is 0. The van der Waals surface area contributed by atoms with E-state index in [2.05, 4.69) is 34.6 Å². The minimum absolute atomic E-state index is 0.104. The molecule has 2 aromatic rings. The average Bonchev–Trinajstić information content (AvgIpc) is 2.73. The second-order valence-electron chi connectivity index (χ2n) is 8.12. The fraction of sp³-hybridized carbons (Fsp3) is 0.435. The van der Waals surface area contributed by atoms with E-state index in [0.717, 1.165) is 38.8 Å². The molecule has 0 atom stereocenters. The van der Waals surface area contributed by atoms with Gasteiger partial charge in [0.25, 0.3) is 5.91 Å². The van der Waals surface area contributed by atoms with E-state index in [1.807, 2.05) is 4.90 Å². The lowest BCUT2D eigenvalue weighted by Gasteiger charge is -2.44. The van der Waals surface area contributed by atoms with Gasteiger partial charge in [-0.25, -0.2) is 0 Å². The van der Waals surface area contributed by atoms with E-state index in [9.17, 15) is 9.59 Å². The first-order valence-corrected chi connectivity index (χ1v) is 10.1. The molecule has 5 heteroatoms. The van der Waals surface area contributed by atoms with Gasteiger partial charge in [-0.2, -0.15) is 0 Å². The molecule has 0 unspecified atom stereocenters. The topological polar surface area (TPSA) is 62.3 Å². The fourth-order valence-electron chi connectivity index (χ4n) is 4.65. The van der Waals surface area contributed by atoms with E-state index in [-0.39, 0.29) is 18.2 Å². The van der Waals surface area contributed by atoms with Crippen LogP contribution in [0.5, 0.6) is 0 Å². The summed E-state index contributed by atoms with van der Waals surface area (Å²) < 4.78 is 0. The molecule has 2 amide bonds. The number of rotatable bonds is 3. The molecule has 4 rings (SSSR count). The summed E-state index contributed by atoms with van der Waals surface area (Å²) in [5.41, 5.74) is 4.52. The van der Waals surface area contributed by atoms with Crippen LogP contribution < -0.4 is 5.32 Å². The minimum Gasteiger partial charge on any atom is -0.355 e. The molecular weight excluding hydrogens is 350 g/mol. The highest BCUT2D eigenvalue weighted by molar-refractivity contribution is 5.94. The monoisotopic (exact) mass is 377 g/mol. The van der Waals surface area contributed by atoms with Crippen molar-refractivity contribution in [2.24, 2.45) is 5.41 Å². The first kappa shape index (κ1) is 18.7. The van der Waals surface area contributed by atoms with Gasteiger partial charge in [-0.3, -0.25) is 14.6 Å². The number of nitrogens with zero attached hydrogens (tertiary/aromatic N) is 2.